The molecule has 0 bridgehead atoms. The van der Waals surface area contributed by atoms with Crippen LogP contribution in [0.5, 0.6) is 0 Å². The molecule has 2 fully saturated rings. The number of hydrogen-bond acceptors (Lipinski definition) is 3. The van der Waals surface area contributed by atoms with Gasteiger partial charge in [0.1, 0.15) is 0 Å². The van der Waals surface area contributed by atoms with Gasteiger partial charge in [-0.2, -0.15) is 0 Å². The maximum atomic E-state index is 13.3. The Kier molecular flexibility index (Phi) is 5.24. The van der Waals surface area contributed by atoms with Gasteiger partial charge in [0.05, 0.1) is 11.1 Å². The van der Waals surface area contributed by atoms with Crippen LogP contribution in [-0.2, 0) is 0 Å². The van der Waals surface area contributed by atoms with E-state index in [0.29, 0.717) is 12.6 Å². The van der Waals surface area contributed by atoms with E-state index >= 15 is 0 Å². The molecule has 1 aliphatic carbocycles. The first-order valence-electron chi connectivity index (χ1n) is 10.3. The Morgan fingerprint density at radius 2 is 2.00 bits per heavy atom. The van der Waals surface area contributed by atoms with E-state index in [4.69, 9.17) is 0 Å². The van der Waals surface area contributed by atoms with E-state index in [2.05, 4.69) is 29.8 Å². The average Bonchev–Trinajstić information content (AvgIpc) is 3.30. The molecule has 1 aliphatic heterocycles. The molecule has 2 heterocycles. The highest BCUT2D eigenvalue weighted by Crippen LogP contribution is 2.29. The van der Waals surface area contributed by atoms with E-state index in [-0.39, 0.29) is 18.6 Å². The van der Waals surface area contributed by atoms with E-state index in [1.165, 1.54) is 31.2 Å². The van der Waals surface area contributed by atoms with Gasteiger partial charge in [-0.3, -0.25) is 9.69 Å². The second kappa shape index (κ2) is 7.64. The molecule has 1 aromatic carbocycles. The molecule has 2 aliphatic rings. The molecule has 27 heavy (non-hydrogen) atoms. The molecule has 0 radical (unpaired) electrons. The summed E-state index contributed by atoms with van der Waals surface area (Å²) < 4.78 is 0. The molecule has 2 N–H and O–H groups in total. The first-order chi connectivity index (χ1) is 13.1. The minimum absolute atomic E-state index is 0.107. The van der Waals surface area contributed by atoms with Crippen molar-refractivity contribution < 1.29 is 9.90 Å². The fourth-order valence-electron chi connectivity index (χ4n) is 5.01. The highest BCUT2D eigenvalue weighted by Gasteiger charge is 2.35. The third kappa shape index (κ3) is 3.39. The Morgan fingerprint density at radius 3 is 2.74 bits per heavy atom. The van der Waals surface area contributed by atoms with Crippen molar-refractivity contribution >= 4 is 16.8 Å². The number of aryl methyl sites for hydroxylation is 2. The highest BCUT2D eigenvalue weighted by atomic mass is 16.3. The molecule has 5 heteroatoms. The van der Waals surface area contributed by atoms with Gasteiger partial charge in [-0.25, -0.2) is 0 Å². The zero-order chi connectivity index (χ0) is 19.0. The second-order valence-corrected chi connectivity index (χ2v) is 8.20. The van der Waals surface area contributed by atoms with Crippen molar-refractivity contribution in [2.24, 2.45) is 0 Å². The molecule has 4 rings (SSSR count). The van der Waals surface area contributed by atoms with Gasteiger partial charge in [0.15, 0.2) is 0 Å². The topological polar surface area (TPSA) is 59.6 Å². The molecule has 1 unspecified atom stereocenters. The van der Waals surface area contributed by atoms with Crippen LogP contribution in [0.1, 0.15) is 53.7 Å². The minimum atomic E-state index is 0.107. The monoisotopic (exact) mass is 369 g/mol. The first-order valence-corrected chi connectivity index (χ1v) is 10.3. The second-order valence-electron chi connectivity index (χ2n) is 8.20. The number of H-pyrrole nitrogens is 1. The number of rotatable bonds is 4. The standard InChI is InChI=1S/C22H31N3O2/c1-15-16(2)23-21-19(15)8-5-9-20(21)22(27)24-11-12-25(17-6-3-4-7-17)18(14-24)10-13-26/h5,8-9,17-18,23,26H,3-4,6-7,10-14H2,1-2H3. The number of para-hydroxylation sites is 1. The molecule has 2 aromatic rings. The number of nitrogens with one attached hydrogen (secondary N) is 1. The number of piperazine rings is 1. The van der Waals surface area contributed by atoms with Crippen LogP contribution in [-0.4, -0.2) is 64.1 Å². The van der Waals surface area contributed by atoms with E-state index in [9.17, 15) is 9.90 Å². The number of carbonyl (C=O) groups excluding carboxylic acids is 1. The van der Waals surface area contributed by atoms with Crippen LogP contribution in [0.25, 0.3) is 10.9 Å². The molecular formula is C22H31N3O2. The van der Waals surface area contributed by atoms with Crippen LogP contribution < -0.4 is 0 Å². The molecule has 146 valence electrons. The summed E-state index contributed by atoms with van der Waals surface area (Å²) in [6.45, 7) is 6.74. The summed E-state index contributed by atoms with van der Waals surface area (Å²) in [5.74, 6) is 0.107. The lowest BCUT2D eigenvalue weighted by Crippen LogP contribution is -2.57. The van der Waals surface area contributed by atoms with Crippen LogP contribution in [0, 0.1) is 13.8 Å². The molecule has 1 saturated carbocycles. The Bertz CT molecular complexity index is 822. The zero-order valence-corrected chi connectivity index (χ0v) is 16.5. The Labute approximate surface area is 161 Å². The largest absolute Gasteiger partial charge is 0.396 e. The number of fused-ring (bicyclic) bond motifs is 1. The van der Waals surface area contributed by atoms with Crippen LogP contribution >= 0.6 is 0 Å². The van der Waals surface area contributed by atoms with Crippen LogP contribution in [0.3, 0.4) is 0 Å². The summed E-state index contributed by atoms with van der Waals surface area (Å²) in [5, 5.41) is 10.7. The van der Waals surface area contributed by atoms with E-state index in [1.54, 1.807) is 0 Å². The lowest BCUT2D eigenvalue weighted by molar-refractivity contribution is 0.0256. The molecule has 5 nitrogen and oxygen atoms in total. The molecule has 1 aromatic heterocycles. The number of amides is 1. The van der Waals surface area contributed by atoms with Crippen LogP contribution in [0.4, 0.5) is 0 Å². The fraction of sp³-hybridized carbons (Fsp3) is 0.591. The number of aromatic nitrogens is 1. The summed E-state index contributed by atoms with van der Waals surface area (Å²) in [5.41, 5.74) is 4.05. The number of carbonyl (C=O) groups is 1. The normalized spacial score (nSPS) is 22.0. The van der Waals surface area contributed by atoms with Gasteiger partial charge in [-0.15, -0.1) is 0 Å². The summed E-state index contributed by atoms with van der Waals surface area (Å²) in [7, 11) is 0. The molecule has 1 saturated heterocycles. The van der Waals surface area contributed by atoms with Crippen molar-refractivity contribution in [1.29, 1.82) is 0 Å². The highest BCUT2D eigenvalue weighted by molar-refractivity contribution is 6.06. The third-order valence-corrected chi connectivity index (χ3v) is 6.65. The summed E-state index contributed by atoms with van der Waals surface area (Å²) in [4.78, 5) is 21.3. The van der Waals surface area contributed by atoms with E-state index in [0.717, 1.165) is 41.7 Å². The van der Waals surface area contributed by atoms with Gasteiger partial charge < -0.3 is 15.0 Å². The van der Waals surface area contributed by atoms with Gasteiger partial charge in [0.2, 0.25) is 0 Å². The maximum absolute atomic E-state index is 13.3. The summed E-state index contributed by atoms with van der Waals surface area (Å²) >= 11 is 0. The Hall–Kier alpha value is -1.85. The number of nitrogens with zero attached hydrogens (tertiary/aromatic N) is 2. The van der Waals surface area contributed by atoms with Gasteiger partial charge in [-0.1, -0.05) is 25.0 Å². The summed E-state index contributed by atoms with van der Waals surface area (Å²) in [6.07, 6.45) is 5.88. The lowest BCUT2D eigenvalue weighted by Gasteiger charge is -2.44. The molecule has 1 amide bonds. The van der Waals surface area contributed by atoms with Gasteiger partial charge in [-0.05, 0) is 44.7 Å². The predicted molar refractivity (Wildman–Crippen MR) is 108 cm³/mol. The van der Waals surface area contributed by atoms with E-state index < -0.39 is 0 Å². The number of hydrogen-bond donors (Lipinski definition) is 2. The maximum Gasteiger partial charge on any atom is 0.256 e. The number of aliphatic hydroxyl groups excluding tert-OH is 1. The summed E-state index contributed by atoms with van der Waals surface area (Å²) in [6, 6.07) is 6.90. The van der Waals surface area contributed by atoms with Crippen LogP contribution in [0.15, 0.2) is 18.2 Å². The van der Waals surface area contributed by atoms with Crippen LogP contribution in [0.2, 0.25) is 0 Å². The van der Waals surface area contributed by atoms with Crippen molar-refractivity contribution in [1.82, 2.24) is 14.8 Å². The van der Waals surface area contributed by atoms with Gasteiger partial charge >= 0.3 is 0 Å². The number of aliphatic hydroxyl groups is 1. The van der Waals surface area contributed by atoms with Gasteiger partial charge in [0, 0.05) is 49.4 Å². The van der Waals surface area contributed by atoms with Crippen molar-refractivity contribution in [3.05, 3.63) is 35.0 Å². The zero-order valence-electron chi connectivity index (χ0n) is 16.5. The number of aromatic amines is 1. The average molecular weight is 370 g/mol. The minimum Gasteiger partial charge on any atom is -0.396 e. The van der Waals surface area contributed by atoms with Crippen molar-refractivity contribution in [3.63, 3.8) is 0 Å². The fourth-order valence-corrected chi connectivity index (χ4v) is 5.01. The Balaban J connectivity index is 1.57. The number of benzene rings is 1. The van der Waals surface area contributed by atoms with Crippen molar-refractivity contribution in [2.75, 3.05) is 26.2 Å². The van der Waals surface area contributed by atoms with E-state index in [1.807, 2.05) is 17.0 Å². The SMILES string of the molecule is Cc1[nH]c2c(C(=O)N3CCN(C4CCCC4)C(CCO)C3)cccc2c1C. The predicted octanol–water partition coefficient (Wildman–Crippen LogP) is 3.24. The molecular weight excluding hydrogens is 338 g/mol. The Morgan fingerprint density at radius 1 is 1.22 bits per heavy atom. The lowest BCUT2D eigenvalue weighted by atomic mass is 10.0. The molecule has 1 atom stereocenters. The van der Waals surface area contributed by atoms with Crippen molar-refractivity contribution in [3.8, 4) is 0 Å². The smallest absolute Gasteiger partial charge is 0.256 e. The van der Waals surface area contributed by atoms with Crippen molar-refractivity contribution in [2.45, 2.75) is 58.0 Å². The quantitative estimate of drug-likeness (QED) is 0.870. The van der Waals surface area contributed by atoms with Gasteiger partial charge in [0.25, 0.3) is 5.91 Å². The first kappa shape index (κ1) is 18.5. The third-order valence-electron chi connectivity index (χ3n) is 6.65. The molecule has 0 spiro atoms.